The number of ether oxygens (including phenoxy) is 1. The Morgan fingerprint density at radius 3 is 2.50 bits per heavy atom. The van der Waals surface area contributed by atoms with Gasteiger partial charge in [0, 0.05) is 11.6 Å². The fourth-order valence-electron chi connectivity index (χ4n) is 1.77. The molecule has 0 spiro atoms. The first-order valence-corrected chi connectivity index (χ1v) is 5.00. The van der Waals surface area contributed by atoms with Crippen LogP contribution in [0, 0.1) is 5.92 Å². The van der Waals surface area contributed by atoms with Crippen molar-refractivity contribution in [3.63, 3.8) is 0 Å². The van der Waals surface area contributed by atoms with Gasteiger partial charge < -0.3 is 10.5 Å². The van der Waals surface area contributed by atoms with Crippen molar-refractivity contribution in [1.29, 1.82) is 0 Å². The molecule has 0 atom stereocenters. The molecule has 1 aromatic carbocycles. The first kappa shape index (κ1) is 11.3. The molecule has 0 unspecified atom stereocenters. The van der Waals surface area contributed by atoms with Crippen molar-refractivity contribution in [2.75, 3.05) is 18.9 Å². The highest BCUT2D eigenvalue weighted by atomic mass is 19.4. The summed E-state index contributed by atoms with van der Waals surface area (Å²) in [6.45, 7) is 1.07. The van der Waals surface area contributed by atoms with E-state index in [1.165, 1.54) is 12.1 Å². The summed E-state index contributed by atoms with van der Waals surface area (Å²) in [5, 5.41) is 0. The van der Waals surface area contributed by atoms with Gasteiger partial charge in [0.25, 0.3) is 0 Å². The van der Waals surface area contributed by atoms with Crippen LogP contribution in [0.4, 0.5) is 18.9 Å². The maximum Gasteiger partial charge on any atom is 0.416 e. The van der Waals surface area contributed by atoms with Gasteiger partial charge in [-0.3, -0.25) is 0 Å². The van der Waals surface area contributed by atoms with Crippen molar-refractivity contribution in [2.45, 2.75) is 12.6 Å². The highest BCUT2D eigenvalue weighted by Crippen LogP contribution is 2.34. The Kier molecular flexibility index (Phi) is 2.80. The molecule has 2 rings (SSSR count). The minimum atomic E-state index is -4.31. The van der Waals surface area contributed by atoms with Gasteiger partial charge in [-0.25, -0.2) is 0 Å². The zero-order valence-corrected chi connectivity index (χ0v) is 8.55. The van der Waals surface area contributed by atoms with Crippen molar-refractivity contribution in [2.24, 2.45) is 5.92 Å². The molecular formula is C11H12F3NO. The quantitative estimate of drug-likeness (QED) is 0.793. The molecule has 1 fully saturated rings. The Bertz CT molecular complexity index is 385. The lowest BCUT2D eigenvalue weighted by Crippen LogP contribution is -2.30. The van der Waals surface area contributed by atoms with Crippen LogP contribution in [0.15, 0.2) is 18.2 Å². The molecule has 1 aromatic rings. The summed E-state index contributed by atoms with van der Waals surface area (Å²) in [5.74, 6) is 0.183. The van der Waals surface area contributed by atoms with Gasteiger partial charge in [-0.1, -0.05) is 0 Å². The third kappa shape index (κ3) is 2.29. The van der Waals surface area contributed by atoms with Crippen LogP contribution in [0.1, 0.15) is 11.1 Å². The van der Waals surface area contributed by atoms with E-state index in [4.69, 9.17) is 10.5 Å². The number of hydrogen-bond donors (Lipinski definition) is 1. The molecule has 5 heteroatoms. The zero-order chi connectivity index (χ0) is 11.8. The highest BCUT2D eigenvalue weighted by Gasteiger charge is 2.34. The third-order valence-corrected chi connectivity index (χ3v) is 2.65. The van der Waals surface area contributed by atoms with E-state index in [2.05, 4.69) is 0 Å². The summed E-state index contributed by atoms with van der Waals surface area (Å²) in [4.78, 5) is 0. The van der Waals surface area contributed by atoms with E-state index in [-0.39, 0.29) is 11.5 Å². The number of anilines is 1. The molecule has 16 heavy (non-hydrogen) atoms. The van der Waals surface area contributed by atoms with E-state index in [0.717, 1.165) is 6.07 Å². The molecule has 0 aromatic heterocycles. The number of alkyl halides is 3. The maximum atomic E-state index is 12.7. The second-order valence-electron chi connectivity index (χ2n) is 4.02. The molecule has 1 aliphatic rings. The Morgan fingerprint density at radius 2 is 2.00 bits per heavy atom. The van der Waals surface area contributed by atoms with Crippen molar-refractivity contribution in [3.8, 4) is 0 Å². The van der Waals surface area contributed by atoms with Crippen molar-refractivity contribution in [1.82, 2.24) is 0 Å². The number of hydrogen-bond acceptors (Lipinski definition) is 2. The topological polar surface area (TPSA) is 35.2 Å². The van der Waals surface area contributed by atoms with E-state index >= 15 is 0 Å². The van der Waals surface area contributed by atoms with Gasteiger partial charge in [0.05, 0.1) is 18.8 Å². The molecule has 2 nitrogen and oxygen atoms in total. The lowest BCUT2D eigenvalue weighted by atomic mass is 9.94. The van der Waals surface area contributed by atoms with Crippen LogP contribution >= 0.6 is 0 Å². The second kappa shape index (κ2) is 3.97. The minimum Gasteiger partial charge on any atom is -0.399 e. The monoisotopic (exact) mass is 231 g/mol. The van der Waals surface area contributed by atoms with Gasteiger partial charge in [-0.15, -0.1) is 0 Å². The van der Waals surface area contributed by atoms with Crippen LogP contribution in [0.25, 0.3) is 0 Å². The Hall–Kier alpha value is -1.23. The summed E-state index contributed by atoms with van der Waals surface area (Å²) in [5.41, 5.74) is 5.55. The SMILES string of the molecule is Nc1ccc(C(F)(F)F)c(CC2COC2)c1. The van der Waals surface area contributed by atoms with E-state index in [1.807, 2.05) is 0 Å². The molecule has 0 aliphatic carbocycles. The van der Waals surface area contributed by atoms with E-state index in [0.29, 0.717) is 25.3 Å². The van der Waals surface area contributed by atoms with E-state index < -0.39 is 11.7 Å². The smallest absolute Gasteiger partial charge is 0.399 e. The molecule has 88 valence electrons. The molecule has 0 amide bonds. The first-order valence-electron chi connectivity index (χ1n) is 5.00. The summed E-state index contributed by atoms with van der Waals surface area (Å²) >= 11 is 0. The number of halogens is 3. The molecule has 2 N–H and O–H groups in total. The predicted octanol–water partition coefficient (Wildman–Crippen LogP) is 2.48. The van der Waals surface area contributed by atoms with Crippen LogP contribution in [0.5, 0.6) is 0 Å². The largest absolute Gasteiger partial charge is 0.416 e. The molecule has 0 bridgehead atoms. The van der Waals surface area contributed by atoms with Crippen LogP contribution in [0.2, 0.25) is 0 Å². The van der Waals surface area contributed by atoms with Crippen LogP contribution in [0.3, 0.4) is 0 Å². The average molecular weight is 231 g/mol. The zero-order valence-electron chi connectivity index (χ0n) is 8.55. The van der Waals surface area contributed by atoms with Gasteiger partial charge in [0.2, 0.25) is 0 Å². The fraction of sp³-hybridized carbons (Fsp3) is 0.455. The Labute approximate surface area is 91.2 Å². The summed E-state index contributed by atoms with van der Waals surface area (Å²) in [6.07, 6.45) is -3.94. The standard InChI is InChI=1S/C11H12F3NO/c12-11(13,14)10-2-1-9(15)4-8(10)3-7-5-16-6-7/h1-2,4,7H,3,5-6,15H2. The average Bonchev–Trinajstić information content (AvgIpc) is 2.09. The van der Waals surface area contributed by atoms with E-state index in [1.54, 1.807) is 0 Å². The van der Waals surface area contributed by atoms with Gasteiger partial charge >= 0.3 is 6.18 Å². The molecule has 0 saturated carbocycles. The second-order valence-corrected chi connectivity index (χ2v) is 4.02. The maximum absolute atomic E-state index is 12.7. The number of nitrogen functional groups attached to an aromatic ring is 1. The highest BCUT2D eigenvalue weighted by molar-refractivity contribution is 5.46. The Balaban J connectivity index is 2.28. The van der Waals surface area contributed by atoms with Gasteiger partial charge in [-0.05, 0) is 30.2 Å². The van der Waals surface area contributed by atoms with Crippen molar-refractivity contribution >= 4 is 5.69 Å². The van der Waals surface area contributed by atoms with Crippen LogP contribution in [-0.4, -0.2) is 13.2 Å². The number of nitrogens with two attached hydrogens (primary N) is 1. The predicted molar refractivity (Wildman–Crippen MR) is 53.9 cm³/mol. The molecule has 1 heterocycles. The fourth-order valence-corrected chi connectivity index (χ4v) is 1.77. The lowest BCUT2D eigenvalue weighted by molar-refractivity contribution is -0.138. The summed E-state index contributed by atoms with van der Waals surface area (Å²) in [6, 6.07) is 3.73. The number of benzene rings is 1. The number of rotatable bonds is 2. The molecule has 1 aliphatic heterocycles. The normalized spacial score (nSPS) is 17.2. The summed E-state index contributed by atoms with van der Waals surface area (Å²) in [7, 11) is 0. The van der Waals surface area contributed by atoms with Gasteiger partial charge in [-0.2, -0.15) is 13.2 Å². The Morgan fingerprint density at radius 1 is 1.31 bits per heavy atom. The lowest BCUT2D eigenvalue weighted by Gasteiger charge is -2.27. The summed E-state index contributed by atoms with van der Waals surface area (Å²) < 4.78 is 43.0. The molecule has 1 saturated heterocycles. The van der Waals surface area contributed by atoms with Gasteiger partial charge in [0.15, 0.2) is 0 Å². The first-order chi connectivity index (χ1) is 7.47. The third-order valence-electron chi connectivity index (χ3n) is 2.65. The van der Waals surface area contributed by atoms with Gasteiger partial charge in [0.1, 0.15) is 0 Å². The molecule has 0 radical (unpaired) electrons. The van der Waals surface area contributed by atoms with E-state index in [9.17, 15) is 13.2 Å². The molecular weight excluding hydrogens is 219 g/mol. The van der Waals surface area contributed by atoms with Crippen LogP contribution < -0.4 is 5.73 Å². The minimum absolute atomic E-state index is 0.183. The van der Waals surface area contributed by atoms with Crippen molar-refractivity contribution in [3.05, 3.63) is 29.3 Å². The van der Waals surface area contributed by atoms with Crippen molar-refractivity contribution < 1.29 is 17.9 Å². The van der Waals surface area contributed by atoms with Crippen LogP contribution in [-0.2, 0) is 17.3 Å².